The molecule has 2 fully saturated rings. The molecule has 160 valence electrons. The summed E-state index contributed by atoms with van der Waals surface area (Å²) < 4.78 is 10.9. The highest BCUT2D eigenvalue weighted by molar-refractivity contribution is 8.14. The Balaban J connectivity index is 0.000000269. The first-order chi connectivity index (χ1) is 14.5. The maximum Gasteiger partial charge on any atom is 0.338 e. The van der Waals surface area contributed by atoms with Crippen LogP contribution in [0.1, 0.15) is 35.7 Å². The molecular weight excluding hydrogens is 402 g/mol. The van der Waals surface area contributed by atoms with Gasteiger partial charge in [0.25, 0.3) is 5.24 Å². The highest BCUT2D eigenvalue weighted by Gasteiger charge is 2.47. The van der Waals surface area contributed by atoms with E-state index in [0.717, 1.165) is 18.2 Å². The number of hydrogen-bond donors (Lipinski definition) is 2. The average molecular weight is 430 g/mol. The van der Waals surface area contributed by atoms with Crippen molar-refractivity contribution in [2.24, 2.45) is 0 Å². The van der Waals surface area contributed by atoms with Crippen LogP contribution in [0, 0.1) is 0 Å². The zero-order valence-electron chi connectivity index (χ0n) is 17.0. The largest absolute Gasteiger partial charge is 0.458 e. The van der Waals surface area contributed by atoms with Crippen LogP contribution < -0.4 is 5.32 Å². The number of nitrogens with one attached hydrogen (secondary N) is 1. The van der Waals surface area contributed by atoms with Gasteiger partial charge in [0.05, 0.1) is 18.2 Å². The molecule has 3 atom stereocenters. The Morgan fingerprint density at radius 1 is 1.20 bits per heavy atom. The first kappa shape index (κ1) is 22.3. The maximum absolute atomic E-state index is 12.1. The molecule has 0 bridgehead atoms. The van der Waals surface area contributed by atoms with E-state index in [9.17, 15) is 14.7 Å². The summed E-state index contributed by atoms with van der Waals surface area (Å²) in [6.45, 7) is 2.44. The van der Waals surface area contributed by atoms with Crippen LogP contribution in [0.15, 0.2) is 60.7 Å². The molecule has 30 heavy (non-hydrogen) atoms. The van der Waals surface area contributed by atoms with Crippen molar-refractivity contribution in [1.82, 2.24) is 5.32 Å². The zero-order valence-corrected chi connectivity index (χ0v) is 17.8. The lowest BCUT2D eigenvalue weighted by Crippen LogP contribution is -2.56. The Kier molecular flexibility index (Phi) is 7.90. The van der Waals surface area contributed by atoms with E-state index in [1.54, 1.807) is 24.3 Å². The van der Waals surface area contributed by atoms with Crippen LogP contribution in [-0.4, -0.2) is 46.6 Å². The van der Waals surface area contributed by atoms with Crippen molar-refractivity contribution in [3.8, 4) is 0 Å². The first-order valence-corrected chi connectivity index (χ1v) is 11.1. The molecule has 1 amide bonds. The highest BCUT2D eigenvalue weighted by Crippen LogP contribution is 2.32. The topological polar surface area (TPSA) is 84.9 Å². The summed E-state index contributed by atoms with van der Waals surface area (Å²) in [5.74, 6) is -1.46. The Bertz CT molecular complexity index is 832. The molecule has 3 unspecified atom stereocenters. The van der Waals surface area contributed by atoms with Crippen LogP contribution in [0.4, 0.5) is 4.79 Å². The van der Waals surface area contributed by atoms with Crippen molar-refractivity contribution in [2.75, 3.05) is 12.4 Å². The van der Waals surface area contributed by atoms with Crippen LogP contribution in [0.3, 0.4) is 0 Å². The third-order valence-electron chi connectivity index (χ3n) is 5.06. The first-order valence-electron chi connectivity index (χ1n) is 10.1. The fourth-order valence-corrected chi connectivity index (χ4v) is 4.22. The molecule has 0 aliphatic carbocycles. The van der Waals surface area contributed by atoms with E-state index < -0.39 is 23.9 Å². The number of aliphatic hydroxyl groups is 1. The number of carbonyl (C=O) groups is 2. The monoisotopic (exact) mass is 429 g/mol. The van der Waals surface area contributed by atoms with Crippen molar-refractivity contribution in [1.29, 1.82) is 0 Å². The van der Waals surface area contributed by atoms with Gasteiger partial charge in [-0.1, -0.05) is 67.2 Å². The second-order valence-corrected chi connectivity index (χ2v) is 8.21. The summed E-state index contributed by atoms with van der Waals surface area (Å²) in [6, 6.07) is 18.7. The lowest BCUT2D eigenvalue weighted by Gasteiger charge is -2.39. The van der Waals surface area contributed by atoms with Crippen molar-refractivity contribution in [3.63, 3.8) is 0 Å². The lowest BCUT2D eigenvalue weighted by molar-refractivity contribution is -0.253. The predicted octanol–water partition coefficient (Wildman–Crippen LogP) is 3.79. The second-order valence-electron chi connectivity index (χ2n) is 7.21. The molecule has 0 saturated carbocycles. The van der Waals surface area contributed by atoms with E-state index in [4.69, 9.17) is 9.47 Å². The van der Waals surface area contributed by atoms with Gasteiger partial charge in [-0.15, -0.1) is 0 Å². The maximum atomic E-state index is 12.1. The number of rotatable bonds is 4. The predicted molar refractivity (Wildman–Crippen MR) is 116 cm³/mol. The smallest absolute Gasteiger partial charge is 0.338 e. The van der Waals surface area contributed by atoms with Crippen LogP contribution in [0.2, 0.25) is 0 Å². The van der Waals surface area contributed by atoms with Gasteiger partial charge in [-0.3, -0.25) is 4.79 Å². The zero-order chi connectivity index (χ0) is 21.4. The molecule has 4 rings (SSSR count). The third kappa shape index (κ3) is 6.08. The molecule has 0 spiro atoms. The van der Waals surface area contributed by atoms with Crippen molar-refractivity contribution in [2.45, 2.75) is 44.1 Å². The van der Waals surface area contributed by atoms with Gasteiger partial charge in [0.15, 0.2) is 5.79 Å². The van der Waals surface area contributed by atoms with Gasteiger partial charge < -0.3 is 19.9 Å². The molecule has 2 heterocycles. The highest BCUT2D eigenvalue weighted by atomic mass is 32.2. The number of carbonyl (C=O) groups excluding carboxylic acids is 2. The van der Waals surface area contributed by atoms with Crippen LogP contribution in [-0.2, 0) is 15.9 Å². The third-order valence-corrected chi connectivity index (χ3v) is 5.94. The minimum Gasteiger partial charge on any atom is -0.458 e. The average Bonchev–Trinajstić information content (AvgIpc) is 3.23. The molecule has 2 saturated heterocycles. The second kappa shape index (κ2) is 10.6. The molecule has 6 nitrogen and oxygen atoms in total. The van der Waals surface area contributed by atoms with Gasteiger partial charge in [0, 0.05) is 18.6 Å². The van der Waals surface area contributed by atoms with Gasteiger partial charge in [-0.05, 0) is 24.1 Å². The Hall–Kier alpha value is -2.35. The van der Waals surface area contributed by atoms with Crippen molar-refractivity contribution in [3.05, 3.63) is 71.8 Å². The van der Waals surface area contributed by atoms with Gasteiger partial charge in [-0.25, -0.2) is 4.79 Å². The molecule has 7 heteroatoms. The number of benzene rings is 2. The van der Waals surface area contributed by atoms with Gasteiger partial charge in [0.1, 0.15) is 6.10 Å². The lowest BCUT2D eigenvalue weighted by atomic mass is 9.96. The molecule has 2 aliphatic heterocycles. The molecule has 0 radical (unpaired) electrons. The number of esters is 1. The van der Waals surface area contributed by atoms with Crippen molar-refractivity contribution >= 4 is 23.0 Å². The van der Waals surface area contributed by atoms with Crippen LogP contribution in [0.25, 0.3) is 0 Å². The molecule has 2 aliphatic rings. The Labute approximate surface area is 181 Å². The van der Waals surface area contributed by atoms with Crippen molar-refractivity contribution < 1.29 is 24.2 Å². The summed E-state index contributed by atoms with van der Waals surface area (Å²) in [5, 5.41) is 13.1. The quantitative estimate of drug-likeness (QED) is 0.720. The van der Waals surface area contributed by atoms with Gasteiger partial charge >= 0.3 is 5.97 Å². The molecule has 2 aromatic carbocycles. The van der Waals surface area contributed by atoms with E-state index >= 15 is 0 Å². The van der Waals surface area contributed by atoms with Gasteiger partial charge in [0.2, 0.25) is 0 Å². The number of aryl methyl sites for hydroxylation is 1. The number of ether oxygens (including phenoxy) is 2. The van der Waals surface area contributed by atoms with Crippen LogP contribution in [0.5, 0.6) is 0 Å². The summed E-state index contributed by atoms with van der Waals surface area (Å²) in [4.78, 5) is 23.4. The molecular formula is C23H27NO5S. The van der Waals surface area contributed by atoms with E-state index in [1.807, 2.05) is 12.1 Å². The molecule has 0 aromatic heterocycles. The minimum absolute atomic E-state index is 0.150. The van der Waals surface area contributed by atoms with E-state index in [-0.39, 0.29) is 18.3 Å². The summed E-state index contributed by atoms with van der Waals surface area (Å²) >= 11 is 1.11. The van der Waals surface area contributed by atoms with Gasteiger partial charge in [-0.2, -0.15) is 0 Å². The minimum atomic E-state index is -1.49. The summed E-state index contributed by atoms with van der Waals surface area (Å²) in [7, 11) is 0. The summed E-state index contributed by atoms with van der Waals surface area (Å²) in [5.41, 5.74) is 1.88. The van der Waals surface area contributed by atoms with Crippen LogP contribution >= 0.6 is 11.8 Å². The number of amides is 1. The fraction of sp³-hybridized carbons (Fsp3) is 0.391. The van der Waals surface area contributed by atoms with E-state index in [1.165, 1.54) is 5.56 Å². The SMILES string of the molecule is CCc1ccccc1.O=C1NC(C2(O)CC(OC(=O)c3ccccc3)CCO2)CS1. The number of thioether (sulfide) groups is 1. The standard InChI is InChI=1S/C15H17NO5S.C8H10/c17-13(10-4-2-1-3-5-10)21-11-6-7-20-15(19,8-11)12-9-22-14(18)16-12;1-2-8-6-4-3-5-7-8/h1-5,11-12,19H,6-9H2,(H,16,18);3-7H,2H2,1H3. The molecule has 2 N–H and O–H groups in total. The number of hydrogen-bond acceptors (Lipinski definition) is 6. The fourth-order valence-electron chi connectivity index (χ4n) is 3.33. The van der Waals surface area contributed by atoms with E-state index in [0.29, 0.717) is 17.7 Å². The normalized spacial score (nSPS) is 25.6. The summed E-state index contributed by atoms with van der Waals surface area (Å²) in [6.07, 6.45) is 1.38. The Morgan fingerprint density at radius 2 is 1.87 bits per heavy atom. The molecule has 2 aromatic rings. The van der Waals surface area contributed by atoms with E-state index in [2.05, 4.69) is 36.5 Å². The Morgan fingerprint density at radius 3 is 2.43 bits per heavy atom.